The van der Waals surface area contributed by atoms with Crippen LogP contribution in [0.2, 0.25) is 0 Å². The molecule has 2 aromatic carbocycles. The number of carbonyl (C=O) groups excluding carboxylic acids is 2. The smallest absolute Gasteiger partial charge is 0.343 e. The molecule has 1 N–H and O–H groups in total. The lowest BCUT2D eigenvalue weighted by Crippen LogP contribution is -2.41. The fourth-order valence-corrected chi connectivity index (χ4v) is 2.76. The molecule has 0 saturated heterocycles. The third kappa shape index (κ3) is 5.09. The predicted octanol–water partition coefficient (Wildman–Crippen LogP) is 3.77. The van der Waals surface area contributed by atoms with Gasteiger partial charge in [0.1, 0.15) is 5.82 Å². The zero-order valence-corrected chi connectivity index (χ0v) is 14.8. The molecule has 1 saturated carbocycles. The predicted molar refractivity (Wildman–Crippen MR) is 93.7 cm³/mol. The van der Waals surface area contributed by atoms with Crippen molar-refractivity contribution in [1.29, 1.82) is 0 Å². The molecule has 0 heterocycles. The molecular weight excluding hydrogens is 376 g/mol. The van der Waals surface area contributed by atoms with E-state index in [2.05, 4.69) is 5.32 Å². The Morgan fingerprint density at radius 1 is 1.00 bits per heavy atom. The van der Waals surface area contributed by atoms with E-state index in [4.69, 9.17) is 0 Å². The lowest BCUT2D eigenvalue weighted by molar-refractivity contribution is -0.137. The van der Waals surface area contributed by atoms with Crippen molar-refractivity contribution in [1.82, 2.24) is 10.2 Å². The molecule has 8 heteroatoms. The molecule has 2 aromatic rings. The second kappa shape index (κ2) is 8.00. The maximum Gasteiger partial charge on any atom is 0.416 e. The zero-order valence-electron chi connectivity index (χ0n) is 14.8. The molecule has 0 unspecified atom stereocenters. The quantitative estimate of drug-likeness (QED) is 0.759. The maximum absolute atomic E-state index is 12.9. The Morgan fingerprint density at radius 2 is 1.61 bits per heavy atom. The van der Waals surface area contributed by atoms with Crippen LogP contribution in [0, 0.1) is 5.82 Å². The standard InChI is InChI=1S/C20H18F4N2O2/c21-16-7-3-14(4-8-16)19(28)25-11-18(27)26(17-9-10-17)12-13-1-5-15(6-2-13)20(22,23)24/h1-8,17H,9-12H2,(H,25,28). The molecule has 1 aliphatic rings. The van der Waals surface area contributed by atoms with E-state index in [0.29, 0.717) is 5.56 Å². The highest BCUT2D eigenvalue weighted by Crippen LogP contribution is 2.31. The summed E-state index contributed by atoms with van der Waals surface area (Å²) in [5.41, 5.74) is 0.0696. The Morgan fingerprint density at radius 3 is 2.14 bits per heavy atom. The number of alkyl halides is 3. The van der Waals surface area contributed by atoms with Gasteiger partial charge in [0, 0.05) is 18.2 Å². The number of halogens is 4. The molecule has 1 aliphatic carbocycles. The van der Waals surface area contributed by atoms with Crippen LogP contribution in [0.25, 0.3) is 0 Å². The summed E-state index contributed by atoms with van der Waals surface area (Å²) in [5.74, 6) is -1.29. The topological polar surface area (TPSA) is 49.4 Å². The number of nitrogens with zero attached hydrogens (tertiary/aromatic N) is 1. The highest BCUT2D eigenvalue weighted by molar-refractivity contribution is 5.96. The monoisotopic (exact) mass is 394 g/mol. The van der Waals surface area contributed by atoms with Gasteiger partial charge in [-0.2, -0.15) is 13.2 Å². The van der Waals surface area contributed by atoms with Gasteiger partial charge < -0.3 is 10.2 Å². The Labute approximate surface area is 159 Å². The SMILES string of the molecule is O=C(NCC(=O)N(Cc1ccc(C(F)(F)F)cc1)C1CC1)c1ccc(F)cc1. The van der Waals surface area contributed by atoms with Gasteiger partial charge in [-0.15, -0.1) is 0 Å². The molecular formula is C20H18F4N2O2. The second-order valence-electron chi connectivity index (χ2n) is 6.64. The average Bonchev–Trinajstić information content (AvgIpc) is 3.49. The summed E-state index contributed by atoms with van der Waals surface area (Å²) in [6, 6.07) is 9.63. The molecule has 4 nitrogen and oxygen atoms in total. The van der Waals surface area contributed by atoms with E-state index in [9.17, 15) is 27.2 Å². The summed E-state index contributed by atoms with van der Waals surface area (Å²) in [7, 11) is 0. The van der Waals surface area contributed by atoms with Crippen LogP contribution in [0.15, 0.2) is 48.5 Å². The van der Waals surface area contributed by atoms with Crippen molar-refractivity contribution < 1.29 is 27.2 Å². The van der Waals surface area contributed by atoms with Gasteiger partial charge in [-0.25, -0.2) is 4.39 Å². The Balaban J connectivity index is 1.60. The normalized spacial score (nSPS) is 13.9. The molecule has 0 atom stereocenters. The fourth-order valence-electron chi connectivity index (χ4n) is 2.76. The van der Waals surface area contributed by atoms with E-state index in [1.165, 1.54) is 24.3 Å². The van der Waals surface area contributed by atoms with Gasteiger partial charge in [-0.05, 0) is 54.8 Å². The zero-order chi connectivity index (χ0) is 20.3. The highest BCUT2D eigenvalue weighted by Gasteiger charge is 2.33. The van der Waals surface area contributed by atoms with Crippen LogP contribution in [0.1, 0.15) is 34.3 Å². The highest BCUT2D eigenvalue weighted by atomic mass is 19.4. The van der Waals surface area contributed by atoms with Crippen LogP contribution in [0.3, 0.4) is 0 Å². The molecule has 0 radical (unpaired) electrons. The van der Waals surface area contributed by atoms with Crippen LogP contribution in [-0.4, -0.2) is 29.3 Å². The number of hydrogen-bond donors (Lipinski definition) is 1. The number of carbonyl (C=O) groups is 2. The van der Waals surface area contributed by atoms with E-state index in [1.54, 1.807) is 4.90 Å². The number of hydrogen-bond acceptors (Lipinski definition) is 2. The van der Waals surface area contributed by atoms with Crippen molar-refractivity contribution in [3.05, 3.63) is 71.0 Å². The van der Waals surface area contributed by atoms with E-state index in [1.807, 2.05) is 0 Å². The largest absolute Gasteiger partial charge is 0.416 e. The van der Waals surface area contributed by atoms with E-state index >= 15 is 0 Å². The molecule has 148 valence electrons. The summed E-state index contributed by atoms with van der Waals surface area (Å²) in [5, 5.41) is 2.49. The first-order valence-electron chi connectivity index (χ1n) is 8.73. The van der Waals surface area contributed by atoms with Crippen LogP contribution < -0.4 is 5.32 Å². The van der Waals surface area contributed by atoms with Crippen molar-refractivity contribution in [2.75, 3.05) is 6.54 Å². The first kappa shape index (κ1) is 19.9. The fraction of sp³-hybridized carbons (Fsp3) is 0.300. The lowest BCUT2D eigenvalue weighted by atomic mass is 10.1. The van der Waals surface area contributed by atoms with E-state index in [-0.39, 0.29) is 30.6 Å². The molecule has 28 heavy (non-hydrogen) atoms. The van der Waals surface area contributed by atoms with Gasteiger partial charge in [0.2, 0.25) is 5.91 Å². The van der Waals surface area contributed by atoms with Crippen LogP contribution in [0.5, 0.6) is 0 Å². The first-order chi connectivity index (χ1) is 13.2. The van der Waals surface area contributed by atoms with Crippen LogP contribution in [-0.2, 0) is 17.5 Å². The summed E-state index contributed by atoms with van der Waals surface area (Å²) in [4.78, 5) is 26.1. The maximum atomic E-state index is 12.9. The van der Waals surface area contributed by atoms with Gasteiger partial charge in [-0.1, -0.05) is 12.1 Å². The molecule has 2 amide bonds. The lowest BCUT2D eigenvalue weighted by Gasteiger charge is -2.23. The third-order valence-corrected chi connectivity index (χ3v) is 4.45. The molecule has 1 fully saturated rings. The minimum atomic E-state index is -4.41. The molecule has 0 aliphatic heterocycles. The van der Waals surface area contributed by atoms with Crippen LogP contribution in [0.4, 0.5) is 17.6 Å². The van der Waals surface area contributed by atoms with E-state index < -0.39 is 23.5 Å². The number of benzene rings is 2. The van der Waals surface area contributed by atoms with Gasteiger partial charge in [0.05, 0.1) is 12.1 Å². The molecule has 0 bridgehead atoms. The number of nitrogens with one attached hydrogen (secondary N) is 1. The van der Waals surface area contributed by atoms with Crippen molar-refractivity contribution in [2.24, 2.45) is 0 Å². The second-order valence-corrected chi connectivity index (χ2v) is 6.64. The average molecular weight is 394 g/mol. The Bertz CT molecular complexity index is 844. The van der Waals surface area contributed by atoms with Gasteiger partial charge in [0.15, 0.2) is 0 Å². The first-order valence-corrected chi connectivity index (χ1v) is 8.73. The minimum Gasteiger partial charge on any atom is -0.343 e. The van der Waals surface area contributed by atoms with E-state index in [0.717, 1.165) is 37.1 Å². The third-order valence-electron chi connectivity index (χ3n) is 4.45. The van der Waals surface area contributed by atoms with Gasteiger partial charge in [-0.3, -0.25) is 9.59 Å². The Kier molecular flexibility index (Phi) is 5.67. The van der Waals surface area contributed by atoms with Crippen LogP contribution >= 0.6 is 0 Å². The van der Waals surface area contributed by atoms with Gasteiger partial charge >= 0.3 is 6.18 Å². The van der Waals surface area contributed by atoms with Crippen molar-refractivity contribution in [3.8, 4) is 0 Å². The summed E-state index contributed by atoms with van der Waals surface area (Å²) >= 11 is 0. The number of rotatable bonds is 6. The van der Waals surface area contributed by atoms with Gasteiger partial charge in [0.25, 0.3) is 5.91 Å². The van der Waals surface area contributed by atoms with Crippen molar-refractivity contribution in [2.45, 2.75) is 31.6 Å². The molecule has 3 rings (SSSR count). The van der Waals surface area contributed by atoms with Crippen molar-refractivity contribution >= 4 is 11.8 Å². The molecule has 0 spiro atoms. The van der Waals surface area contributed by atoms with Crippen molar-refractivity contribution in [3.63, 3.8) is 0 Å². The Hall–Kier alpha value is -2.90. The summed E-state index contributed by atoms with van der Waals surface area (Å²) < 4.78 is 50.9. The summed E-state index contributed by atoms with van der Waals surface area (Å²) in [6.07, 6.45) is -2.77. The number of amides is 2. The minimum absolute atomic E-state index is 0.0255. The molecule has 0 aromatic heterocycles. The summed E-state index contributed by atoms with van der Waals surface area (Å²) in [6.45, 7) is -0.0681.